The number of aromatic nitrogens is 1. The van der Waals surface area contributed by atoms with E-state index in [-0.39, 0.29) is 18.0 Å². The molecule has 0 spiro atoms. The third kappa shape index (κ3) is 4.47. The standard InChI is InChI=1S/C19H27NO4/c1-22-19(21)15-7-8-23-18(10-15)16-9-17(12-20-11-16)24-13-14-5-3-2-4-6-14/h9,11-12,14-15,18H,2-8,10,13H2,1H3. The minimum atomic E-state index is -0.152. The number of nitrogens with zero attached hydrogens (tertiary/aromatic N) is 1. The second-order valence-corrected chi connectivity index (χ2v) is 6.87. The number of esters is 1. The van der Waals surface area contributed by atoms with Crippen LogP contribution < -0.4 is 4.74 Å². The van der Waals surface area contributed by atoms with E-state index in [9.17, 15) is 4.79 Å². The van der Waals surface area contributed by atoms with Crippen LogP contribution in [-0.2, 0) is 14.3 Å². The highest BCUT2D eigenvalue weighted by molar-refractivity contribution is 5.72. The van der Waals surface area contributed by atoms with Gasteiger partial charge in [-0.1, -0.05) is 19.3 Å². The van der Waals surface area contributed by atoms with Crippen LogP contribution in [0.25, 0.3) is 0 Å². The van der Waals surface area contributed by atoms with Gasteiger partial charge in [-0.25, -0.2) is 0 Å². The highest BCUT2D eigenvalue weighted by Gasteiger charge is 2.29. The smallest absolute Gasteiger partial charge is 0.308 e. The number of carbonyl (C=O) groups is 1. The first-order valence-corrected chi connectivity index (χ1v) is 9.03. The molecule has 1 saturated carbocycles. The van der Waals surface area contributed by atoms with Crippen LogP contribution in [0.4, 0.5) is 0 Å². The second kappa shape index (κ2) is 8.47. The van der Waals surface area contributed by atoms with E-state index in [0.29, 0.717) is 25.4 Å². The van der Waals surface area contributed by atoms with Gasteiger partial charge in [0.15, 0.2) is 0 Å². The predicted molar refractivity (Wildman–Crippen MR) is 89.7 cm³/mol. The van der Waals surface area contributed by atoms with E-state index in [1.807, 2.05) is 6.07 Å². The van der Waals surface area contributed by atoms with Crippen molar-refractivity contribution in [2.45, 2.75) is 51.0 Å². The number of hydrogen-bond acceptors (Lipinski definition) is 5. The van der Waals surface area contributed by atoms with E-state index in [0.717, 1.165) is 17.9 Å². The first kappa shape index (κ1) is 17.2. The fourth-order valence-corrected chi connectivity index (χ4v) is 3.67. The summed E-state index contributed by atoms with van der Waals surface area (Å²) in [6.07, 6.45) is 11.3. The lowest BCUT2D eigenvalue weighted by atomic mass is 9.90. The molecule has 0 radical (unpaired) electrons. The van der Waals surface area contributed by atoms with E-state index in [1.165, 1.54) is 39.2 Å². The number of methoxy groups -OCH3 is 1. The van der Waals surface area contributed by atoms with Gasteiger partial charge in [-0.15, -0.1) is 0 Å². The van der Waals surface area contributed by atoms with Crippen LogP contribution in [0.15, 0.2) is 18.5 Å². The molecule has 2 heterocycles. The van der Waals surface area contributed by atoms with Gasteiger partial charge in [-0.05, 0) is 37.7 Å². The summed E-state index contributed by atoms with van der Waals surface area (Å²) in [7, 11) is 1.44. The summed E-state index contributed by atoms with van der Waals surface area (Å²) in [4.78, 5) is 16.1. The summed E-state index contributed by atoms with van der Waals surface area (Å²) in [5, 5.41) is 0. The van der Waals surface area contributed by atoms with Crippen molar-refractivity contribution in [1.29, 1.82) is 0 Å². The van der Waals surface area contributed by atoms with Gasteiger partial charge in [-0.2, -0.15) is 0 Å². The summed E-state index contributed by atoms with van der Waals surface area (Å²) >= 11 is 0. The minimum absolute atomic E-state index is 0.0967. The van der Waals surface area contributed by atoms with Crippen LogP contribution in [0.3, 0.4) is 0 Å². The molecular weight excluding hydrogens is 306 g/mol. The van der Waals surface area contributed by atoms with E-state index in [2.05, 4.69) is 4.98 Å². The lowest BCUT2D eigenvalue weighted by Crippen LogP contribution is -2.26. The molecule has 5 heteroatoms. The first-order valence-electron chi connectivity index (χ1n) is 9.03. The molecule has 24 heavy (non-hydrogen) atoms. The fraction of sp³-hybridized carbons (Fsp3) is 0.684. The molecule has 1 aromatic heterocycles. The number of pyridine rings is 1. The van der Waals surface area contributed by atoms with E-state index in [4.69, 9.17) is 14.2 Å². The highest BCUT2D eigenvalue weighted by atomic mass is 16.5. The largest absolute Gasteiger partial charge is 0.492 e. The Labute approximate surface area is 143 Å². The van der Waals surface area contributed by atoms with Gasteiger partial charge >= 0.3 is 5.97 Å². The van der Waals surface area contributed by atoms with Crippen molar-refractivity contribution in [2.75, 3.05) is 20.3 Å². The van der Waals surface area contributed by atoms with Crippen molar-refractivity contribution in [2.24, 2.45) is 11.8 Å². The van der Waals surface area contributed by atoms with Gasteiger partial charge in [0.05, 0.1) is 31.9 Å². The maximum Gasteiger partial charge on any atom is 0.308 e. The quantitative estimate of drug-likeness (QED) is 0.769. The average Bonchev–Trinajstić information content (AvgIpc) is 2.67. The van der Waals surface area contributed by atoms with Gasteiger partial charge in [0, 0.05) is 18.4 Å². The Morgan fingerprint density at radius 3 is 2.88 bits per heavy atom. The van der Waals surface area contributed by atoms with Crippen LogP contribution >= 0.6 is 0 Å². The zero-order valence-corrected chi connectivity index (χ0v) is 14.4. The second-order valence-electron chi connectivity index (χ2n) is 6.87. The zero-order chi connectivity index (χ0) is 16.8. The van der Waals surface area contributed by atoms with Gasteiger partial charge in [0.1, 0.15) is 5.75 Å². The zero-order valence-electron chi connectivity index (χ0n) is 14.4. The molecule has 0 bridgehead atoms. The normalized spacial score (nSPS) is 25.2. The average molecular weight is 333 g/mol. The predicted octanol–water partition coefficient (Wildman–Crippen LogP) is 3.68. The fourth-order valence-electron chi connectivity index (χ4n) is 3.67. The molecular formula is C19H27NO4. The maximum absolute atomic E-state index is 11.8. The van der Waals surface area contributed by atoms with Crippen LogP contribution in [0.1, 0.15) is 56.6 Å². The summed E-state index contributed by atoms with van der Waals surface area (Å²) < 4.78 is 16.7. The molecule has 2 atom stereocenters. The molecule has 1 aliphatic heterocycles. The number of ether oxygens (including phenoxy) is 3. The Balaban J connectivity index is 1.58. The minimum Gasteiger partial charge on any atom is -0.492 e. The summed E-state index contributed by atoms with van der Waals surface area (Å²) in [5.41, 5.74) is 0.977. The summed E-state index contributed by atoms with van der Waals surface area (Å²) in [5.74, 6) is 1.21. The van der Waals surface area contributed by atoms with Gasteiger partial charge in [0.25, 0.3) is 0 Å². The highest BCUT2D eigenvalue weighted by Crippen LogP contribution is 2.33. The van der Waals surface area contributed by atoms with Gasteiger partial charge in [0.2, 0.25) is 0 Å². The van der Waals surface area contributed by atoms with Crippen LogP contribution in [0, 0.1) is 11.8 Å². The van der Waals surface area contributed by atoms with Gasteiger partial charge < -0.3 is 14.2 Å². The first-order chi connectivity index (χ1) is 11.8. The molecule has 0 N–H and O–H groups in total. The molecule has 0 aromatic carbocycles. The van der Waals surface area contributed by atoms with Crippen molar-refractivity contribution in [3.05, 3.63) is 24.0 Å². The molecule has 2 fully saturated rings. The Kier molecular flexibility index (Phi) is 6.07. The lowest BCUT2D eigenvalue weighted by Gasteiger charge is -2.28. The Bertz CT molecular complexity index is 542. The maximum atomic E-state index is 11.8. The molecule has 1 aromatic rings. The van der Waals surface area contributed by atoms with Crippen LogP contribution in [0.5, 0.6) is 5.75 Å². The Morgan fingerprint density at radius 1 is 1.25 bits per heavy atom. The van der Waals surface area contributed by atoms with E-state index in [1.54, 1.807) is 12.4 Å². The lowest BCUT2D eigenvalue weighted by molar-refractivity contribution is -0.150. The van der Waals surface area contributed by atoms with E-state index < -0.39 is 0 Å². The van der Waals surface area contributed by atoms with Crippen LogP contribution in [0.2, 0.25) is 0 Å². The SMILES string of the molecule is COC(=O)C1CCOC(c2cncc(OCC3CCCCC3)c2)C1. The molecule has 1 aliphatic carbocycles. The monoisotopic (exact) mass is 333 g/mol. The number of hydrogen-bond donors (Lipinski definition) is 0. The summed E-state index contributed by atoms with van der Waals surface area (Å²) in [6.45, 7) is 1.33. The number of carbonyl (C=O) groups excluding carboxylic acids is 1. The Morgan fingerprint density at radius 2 is 2.08 bits per heavy atom. The van der Waals surface area contributed by atoms with Crippen molar-refractivity contribution >= 4 is 5.97 Å². The third-order valence-corrected chi connectivity index (χ3v) is 5.14. The van der Waals surface area contributed by atoms with Crippen molar-refractivity contribution < 1.29 is 19.0 Å². The van der Waals surface area contributed by atoms with Crippen molar-refractivity contribution in [3.8, 4) is 5.75 Å². The summed E-state index contributed by atoms with van der Waals surface area (Å²) in [6, 6.07) is 2.00. The number of rotatable bonds is 5. The third-order valence-electron chi connectivity index (χ3n) is 5.14. The van der Waals surface area contributed by atoms with Crippen molar-refractivity contribution in [1.82, 2.24) is 4.98 Å². The molecule has 0 amide bonds. The molecule has 132 valence electrons. The van der Waals surface area contributed by atoms with E-state index >= 15 is 0 Å². The topological polar surface area (TPSA) is 57.7 Å². The molecule has 2 unspecified atom stereocenters. The van der Waals surface area contributed by atoms with Crippen LogP contribution in [-0.4, -0.2) is 31.3 Å². The van der Waals surface area contributed by atoms with Crippen molar-refractivity contribution in [3.63, 3.8) is 0 Å². The molecule has 1 saturated heterocycles. The van der Waals surface area contributed by atoms with Gasteiger partial charge in [-0.3, -0.25) is 9.78 Å². The Hall–Kier alpha value is -1.62. The molecule has 3 rings (SSSR count). The molecule has 5 nitrogen and oxygen atoms in total. The molecule has 2 aliphatic rings.